The van der Waals surface area contributed by atoms with Crippen LogP contribution in [0.15, 0.2) is 52.6 Å². The van der Waals surface area contributed by atoms with E-state index in [4.69, 9.17) is 23.2 Å². The van der Waals surface area contributed by atoms with Crippen molar-refractivity contribution in [3.05, 3.63) is 68.2 Å². The molecule has 6 nitrogen and oxygen atoms in total. The molecule has 31 heavy (non-hydrogen) atoms. The summed E-state index contributed by atoms with van der Waals surface area (Å²) in [4.78, 5) is 30.8. The quantitative estimate of drug-likeness (QED) is 0.560. The molecule has 1 aliphatic rings. The van der Waals surface area contributed by atoms with E-state index in [9.17, 15) is 9.59 Å². The van der Waals surface area contributed by atoms with Gasteiger partial charge < -0.3 is 9.80 Å². The molecule has 0 spiro atoms. The largest absolute Gasteiger partial charge is 0.367 e. The molecule has 0 radical (unpaired) electrons. The van der Waals surface area contributed by atoms with Crippen LogP contribution in [-0.2, 0) is 10.3 Å². The second-order valence-corrected chi connectivity index (χ2v) is 9.59. The highest BCUT2D eigenvalue weighted by molar-refractivity contribution is 7.13. The van der Waals surface area contributed by atoms with Crippen LogP contribution in [0, 0.1) is 0 Å². The predicted octanol–water partition coefficient (Wildman–Crippen LogP) is 4.36. The Kier molecular flexibility index (Phi) is 6.10. The van der Waals surface area contributed by atoms with Gasteiger partial charge in [-0.1, -0.05) is 35.3 Å². The second kappa shape index (κ2) is 8.65. The number of carbonyl (C=O) groups is 1. The van der Waals surface area contributed by atoms with Gasteiger partial charge >= 0.3 is 0 Å². The normalized spacial score (nSPS) is 14.7. The number of benzene rings is 1. The molecule has 0 aliphatic carbocycles. The van der Waals surface area contributed by atoms with Crippen LogP contribution in [0.1, 0.15) is 13.8 Å². The Labute approximate surface area is 194 Å². The van der Waals surface area contributed by atoms with E-state index in [2.05, 4.69) is 10.00 Å². The number of hydrogen-bond donors (Lipinski definition) is 0. The zero-order valence-electron chi connectivity index (χ0n) is 17.2. The first kappa shape index (κ1) is 21.9. The van der Waals surface area contributed by atoms with Gasteiger partial charge in [-0.15, -0.1) is 11.3 Å². The zero-order valence-corrected chi connectivity index (χ0v) is 19.5. The molecular formula is C22H22Cl2N4O2S. The molecule has 4 rings (SSSR count). The van der Waals surface area contributed by atoms with E-state index in [0.29, 0.717) is 41.9 Å². The Morgan fingerprint density at radius 1 is 1.03 bits per heavy atom. The lowest BCUT2D eigenvalue weighted by Gasteiger charge is -2.39. The molecule has 0 unspecified atom stereocenters. The van der Waals surface area contributed by atoms with E-state index in [0.717, 1.165) is 10.6 Å². The first-order valence-corrected chi connectivity index (χ1v) is 11.6. The van der Waals surface area contributed by atoms with Crippen LogP contribution in [0.4, 0.5) is 5.69 Å². The fourth-order valence-corrected chi connectivity index (χ4v) is 4.84. The number of nitrogens with zero attached hydrogens (tertiary/aromatic N) is 4. The summed E-state index contributed by atoms with van der Waals surface area (Å²) in [5.74, 6) is -0.137. The maximum absolute atomic E-state index is 13.4. The van der Waals surface area contributed by atoms with Gasteiger partial charge in [0.2, 0.25) is 5.91 Å². The number of halogens is 2. The smallest absolute Gasteiger partial charge is 0.267 e. The van der Waals surface area contributed by atoms with Crippen molar-refractivity contribution in [1.29, 1.82) is 0 Å². The molecule has 1 amide bonds. The van der Waals surface area contributed by atoms with Crippen LogP contribution < -0.4 is 10.5 Å². The van der Waals surface area contributed by atoms with Gasteiger partial charge in [-0.05, 0) is 43.5 Å². The van der Waals surface area contributed by atoms with Gasteiger partial charge in [0.05, 0.1) is 20.6 Å². The molecule has 9 heteroatoms. The Morgan fingerprint density at radius 3 is 2.45 bits per heavy atom. The van der Waals surface area contributed by atoms with Gasteiger partial charge in [0.1, 0.15) is 11.2 Å². The minimum absolute atomic E-state index is 0.137. The molecule has 0 atom stereocenters. The second-order valence-electron chi connectivity index (χ2n) is 7.86. The topological polar surface area (TPSA) is 58.4 Å². The van der Waals surface area contributed by atoms with Crippen molar-refractivity contribution in [2.75, 3.05) is 31.1 Å². The van der Waals surface area contributed by atoms with Crippen molar-refractivity contribution >= 4 is 46.1 Å². The number of amides is 1. The highest BCUT2D eigenvalue weighted by atomic mass is 35.5. The Hall–Kier alpha value is -2.35. The van der Waals surface area contributed by atoms with Gasteiger partial charge in [-0.25, -0.2) is 4.68 Å². The number of anilines is 1. The summed E-state index contributed by atoms with van der Waals surface area (Å²) in [5, 5.41) is 7.49. The fourth-order valence-electron chi connectivity index (χ4n) is 3.73. The van der Waals surface area contributed by atoms with Gasteiger partial charge in [0, 0.05) is 32.2 Å². The third-order valence-electron chi connectivity index (χ3n) is 5.47. The molecule has 2 aromatic heterocycles. The lowest BCUT2D eigenvalue weighted by atomic mass is 10.0. The SMILES string of the molecule is CC(C)(C(=O)N1CCN(c2cccc(Cl)c2Cl)CC1)n1nc(-c2cccs2)ccc1=O. The number of aromatic nitrogens is 2. The van der Waals surface area contributed by atoms with Crippen LogP contribution in [0.25, 0.3) is 10.6 Å². The highest BCUT2D eigenvalue weighted by Crippen LogP contribution is 2.33. The highest BCUT2D eigenvalue weighted by Gasteiger charge is 2.37. The van der Waals surface area contributed by atoms with E-state index in [1.54, 1.807) is 30.9 Å². The van der Waals surface area contributed by atoms with Crippen molar-refractivity contribution in [3.8, 4) is 10.6 Å². The van der Waals surface area contributed by atoms with Crippen molar-refractivity contribution in [2.45, 2.75) is 19.4 Å². The predicted molar refractivity (Wildman–Crippen MR) is 126 cm³/mol. The van der Waals surface area contributed by atoms with Crippen LogP contribution in [0.2, 0.25) is 10.0 Å². The summed E-state index contributed by atoms with van der Waals surface area (Å²) < 4.78 is 1.30. The Morgan fingerprint density at radius 2 is 1.77 bits per heavy atom. The monoisotopic (exact) mass is 476 g/mol. The van der Waals surface area contributed by atoms with E-state index >= 15 is 0 Å². The maximum Gasteiger partial charge on any atom is 0.267 e. The van der Waals surface area contributed by atoms with E-state index in [-0.39, 0.29) is 11.5 Å². The molecule has 0 saturated carbocycles. The lowest BCUT2D eigenvalue weighted by Crippen LogP contribution is -2.56. The number of rotatable bonds is 4. The Balaban J connectivity index is 1.53. The van der Waals surface area contributed by atoms with Crippen molar-refractivity contribution in [3.63, 3.8) is 0 Å². The first-order chi connectivity index (χ1) is 14.8. The fraction of sp³-hybridized carbons (Fsp3) is 0.318. The molecule has 3 heterocycles. The number of hydrogen-bond acceptors (Lipinski definition) is 5. The summed E-state index contributed by atoms with van der Waals surface area (Å²) in [5.41, 5.74) is 0.126. The van der Waals surface area contributed by atoms with Crippen LogP contribution >= 0.6 is 34.5 Å². The number of carbonyl (C=O) groups excluding carboxylic acids is 1. The van der Waals surface area contributed by atoms with E-state index < -0.39 is 5.54 Å². The van der Waals surface area contributed by atoms with E-state index in [1.165, 1.54) is 22.1 Å². The Bertz CT molecular complexity index is 1150. The lowest BCUT2D eigenvalue weighted by molar-refractivity contribution is -0.140. The third-order valence-corrected chi connectivity index (χ3v) is 7.17. The number of thiophene rings is 1. The van der Waals surface area contributed by atoms with Crippen LogP contribution in [0.5, 0.6) is 0 Å². The third kappa shape index (κ3) is 4.22. The van der Waals surface area contributed by atoms with Gasteiger partial charge in [-0.3, -0.25) is 9.59 Å². The first-order valence-electron chi connectivity index (χ1n) is 9.92. The average molecular weight is 477 g/mol. The minimum atomic E-state index is -1.11. The molecule has 1 fully saturated rings. The molecule has 162 valence electrons. The zero-order chi connectivity index (χ0) is 22.2. The van der Waals surface area contributed by atoms with Gasteiger partial charge in [-0.2, -0.15) is 5.10 Å². The van der Waals surface area contributed by atoms with Crippen molar-refractivity contribution in [2.24, 2.45) is 0 Å². The number of piperazine rings is 1. The molecule has 1 aliphatic heterocycles. The van der Waals surface area contributed by atoms with Crippen molar-refractivity contribution < 1.29 is 4.79 Å². The summed E-state index contributed by atoms with van der Waals surface area (Å²) in [7, 11) is 0. The van der Waals surface area contributed by atoms with Crippen LogP contribution in [-0.4, -0.2) is 46.8 Å². The molecular weight excluding hydrogens is 455 g/mol. The summed E-state index contributed by atoms with van der Waals surface area (Å²) >= 11 is 14.0. The van der Waals surface area contributed by atoms with Gasteiger partial charge in [0.25, 0.3) is 5.56 Å². The molecule has 3 aromatic rings. The molecule has 1 aromatic carbocycles. The van der Waals surface area contributed by atoms with Crippen molar-refractivity contribution in [1.82, 2.24) is 14.7 Å². The summed E-state index contributed by atoms with van der Waals surface area (Å²) in [6.45, 7) is 5.76. The van der Waals surface area contributed by atoms with E-state index in [1.807, 2.05) is 29.6 Å². The average Bonchev–Trinajstić information content (AvgIpc) is 3.30. The van der Waals surface area contributed by atoms with Gasteiger partial charge in [0.15, 0.2) is 0 Å². The molecule has 1 saturated heterocycles. The molecule has 0 N–H and O–H groups in total. The summed E-state index contributed by atoms with van der Waals surface area (Å²) in [6, 6.07) is 12.6. The van der Waals surface area contributed by atoms with Crippen LogP contribution in [0.3, 0.4) is 0 Å². The maximum atomic E-state index is 13.4. The molecule has 0 bridgehead atoms. The minimum Gasteiger partial charge on any atom is -0.367 e. The summed E-state index contributed by atoms with van der Waals surface area (Å²) in [6.07, 6.45) is 0. The standard InChI is InChI=1S/C22H22Cl2N4O2S/c1-22(2,28-19(29)9-8-16(25-28)18-7-4-14-31-18)21(30)27-12-10-26(11-13-27)17-6-3-5-15(23)20(17)24/h3-9,14H,10-13H2,1-2H3.